The molecule has 0 spiro atoms. The van der Waals surface area contributed by atoms with Crippen molar-refractivity contribution in [2.75, 3.05) is 6.61 Å². The summed E-state index contributed by atoms with van der Waals surface area (Å²) in [6.45, 7) is -0.700. The molecule has 1 aliphatic rings. The van der Waals surface area contributed by atoms with E-state index >= 15 is 0 Å². The van der Waals surface area contributed by atoms with Crippen LogP contribution in [0.2, 0.25) is 0 Å². The summed E-state index contributed by atoms with van der Waals surface area (Å²) in [7, 11) is 0. The van der Waals surface area contributed by atoms with Gasteiger partial charge in [0.1, 0.15) is 64.5 Å². The average Bonchev–Trinajstić information content (AvgIpc) is 2.73. The first-order valence-electron chi connectivity index (χ1n) is 9.35. The van der Waals surface area contributed by atoms with E-state index in [1.165, 1.54) is 24.3 Å². The van der Waals surface area contributed by atoms with Crippen LogP contribution in [0.1, 0.15) is 11.7 Å². The van der Waals surface area contributed by atoms with Gasteiger partial charge in [-0.2, -0.15) is 0 Å². The molecule has 0 radical (unpaired) electrons. The van der Waals surface area contributed by atoms with Crippen molar-refractivity contribution >= 4 is 11.0 Å². The Morgan fingerprint density at radius 2 is 1.58 bits per heavy atom. The molecule has 5 atom stereocenters. The fourth-order valence-corrected chi connectivity index (χ4v) is 3.69. The van der Waals surface area contributed by atoms with Crippen molar-refractivity contribution < 1.29 is 44.9 Å². The summed E-state index contributed by atoms with van der Waals surface area (Å²) in [4.78, 5) is 12.7. The summed E-state index contributed by atoms with van der Waals surface area (Å²) in [5, 5.41) is 70.0. The molecule has 7 N–H and O–H groups in total. The van der Waals surface area contributed by atoms with Crippen molar-refractivity contribution in [3.05, 3.63) is 52.2 Å². The third-order valence-electron chi connectivity index (χ3n) is 5.34. The smallest absolute Gasteiger partial charge is 0.197 e. The molecular weight excluding hydrogens is 412 g/mol. The highest BCUT2D eigenvalue weighted by molar-refractivity contribution is 5.88. The third kappa shape index (κ3) is 3.50. The Hall–Kier alpha value is -3.15. The maximum atomic E-state index is 12.7. The quantitative estimate of drug-likeness (QED) is 0.300. The maximum Gasteiger partial charge on any atom is 0.197 e. The van der Waals surface area contributed by atoms with Crippen LogP contribution in [0, 0.1) is 0 Å². The van der Waals surface area contributed by atoms with E-state index in [2.05, 4.69) is 0 Å². The SMILES string of the molecule is O=c1cc(-c2ccc(O)cc2)oc2cc(O)c([C@@H]3O[C@@H](CO)[C@H](O)[C@@H](O)[C@@H]3O)c(O)c12. The summed E-state index contributed by atoms with van der Waals surface area (Å²) in [6, 6.07) is 8.00. The molecule has 10 heteroatoms. The lowest BCUT2D eigenvalue weighted by Crippen LogP contribution is -2.55. The lowest BCUT2D eigenvalue weighted by molar-refractivity contribution is -0.232. The monoisotopic (exact) mass is 432 g/mol. The van der Waals surface area contributed by atoms with Gasteiger partial charge in [-0.1, -0.05) is 0 Å². The summed E-state index contributed by atoms with van der Waals surface area (Å²) in [5.74, 6) is -1.19. The largest absolute Gasteiger partial charge is 0.508 e. The molecule has 1 fully saturated rings. The van der Waals surface area contributed by atoms with E-state index in [1.54, 1.807) is 0 Å². The zero-order valence-electron chi connectivity index (χ0n) is 15.9. The first-order valence-corrected chi connectivity index (χ1v) is 9.35. The van der Waals surface area contributed by atoms with Crippen LogP contribution in [0.5, 0.6) is 17.2 Å². The van der Waals surface area contributed by atoms with E-state index in [0.29, 0.717) is 5.56 Å². The zero-order valence-corrected chi connectivity index (χ0v) is 15.9. The average molecular weight is 432 g/mol. The fourth-order valence-electron chi connectivity index (χ4n) is 3.69. The molecule has 2 heterocycles. The topological polar surface area (TPSA) is 181 Å². The van der Waals surface area contributed by atoms with Gasteiger partial charge in [-0.3, -0.25) is 4.79 Å². The number of aliphatic hydroxyl groups excluding tert-OH is 4. The van der Waals surface area contributed by atoms with Crippen molar-refractivity contribution in [1.29, 1.82) is 0 Å². The van der Waals surface area contributed by atoms with Crippen LogP contribution in [-0.2, 0) is 4.74 Å². The molecule has 1 aromatic heterocycles. The van der Waals surface area contributed by atoms with Crippen LogP contribution in [0.15, 0.2) is 45.6 Å². The molecule has 3 aromatic rings. The molecule has 0 saturated carbocycles. The van der Waals surface area contributed by atoms with E-state index in [-0.39, 0.29) is 22.5 Å². The predicted octanol–water partition coefficient (Wildman–Crippen LogP) is 0.0917. The number of hydrogen-bond donors (Lipinski definition) is 7. The molecule has 0 bridgehead atoms. The lowest BCUT2D eigenvalue weighted by atomic mass is 9.89. The Bertz CT molecular complexity index is 1170. The van der Waals surface area contributed by atoms with Gasteiger partial charge in [0, 0.05) is 17.7 Å². The number of aliphatic hydroxyl groups is 4. The van der Waals surface area contributed by atoms with Crippen molar-refractivity contribution in [3.63, 3.8) is 0 Å². The first kappa shape index (κ1) is 21.1. The summed E-state index contributed by atoms with van der Waals surface area (Å²) >= 11 is 0. The zero-order chi connectivity index (χ0) is 22.4. The van der Waals surface area contributed by atoms with E-state index in [0.717, 1.165) is 12.1 Å². The molecule has 2 aromatic carbocycles. The van der Waals surface area contributed by atoms with Crippen LogP contribution in [-0.4, -0.2) is 66.8 Å². The summed E-state index contributed by atoms with van der Waals surface area (Å²) in [5.41, 5.74) is -0.741. The van der Waals surface area contributed by atoms with Gasteiger partial charge < -0.3 is 44.9 Å². The minimum Gasteiger partial charge on any atom is -0.508 e. The Labute approximate surface area is 174 Å². The molecular formula is C21H20O10. The van der Waals surface area contributed by atoms with E-state index in [1.807, 2.05) is 0 Å². The summed E-state index contributed by atoms with van der Waals surface area (Å²) in [6.07, 6.45) is -7.95. The molecule has 1 aliphatic heterocycles. The van der Waals surface area contributed by atoms with E-state index < -0.39 is 59.6 Å². The molecule has 164 valence electrons. The summed E-state index contributed by atoms with van der Waals surface area (Å²) < 4.78 is 11.0. The second-order valence-corrected chi connectivity index (χ2v) is 7.30. The van der Waals surface area contributed by atoms with Crippen LogP contribution in [0.3, 0.4) is 0 Å². The van der Waals surface area contributed by atoms with Crippen molar-refractivity contribution in [2.45, 2.75) is 30.5 Å². The maximum absolute atomic E-state index is 12.7. The molecule has 0 unspecified atom stereocenters. The van der Waals surface area contributed by atoms with Crippen molar-refractivity contribution in [2.24, 2.45) is 0 Å². The Balaban J connectivity index is 1.85. The van der Waals surface area contributed by atoms with Gasteiger partial charge in [0.2, 0.25) is 0 Å². The molecule has 4 rings (SSSR count). The highest BCUT2D eigenvalue weighted by Crippen LogP contribution is 2.44. The number of phenolic OH excluding ortho intramolecular Hbond substituents is 3. The molecule has 0 aliphatic carbocycles. The van der Waals surface area contributed by atoms with Gasteiger partial charge in [0.15, 0.2) is 5.43 Å². The number of hydrogen-bond acceptors (Lipinski definition) is 10. The van der Waals surface area contributed by atoms with Gasteiger partial charge in [0.25, 0.3) is 0 Å². The normalized spacial score (nSPS) is 26.3. The van der Waals surface area contributed by atoms with Crippen molar-refractivity contribution in [1.82, 2.24) is 0 Å². The van der Waals surface area contributed by atoms with Gasteiger partial charge in [-0.15, -0.1) is 0 Å². The highest BCUT2D eigenvalue weighted by Gasteiger charge is 2.46. The van der Waals surface area contributed by atoms with E-state index in [9.17, 15) is 40.5 Å². The standard InChI is InChI=1S/C21H20O10/c22-7-14-17(26)19(28)20(29)21(31-14)16-11(25)6-13-15(18(16)27)10(24)5-12(30-13)8-1-3-9(23)4-2-8/h1-6,14,17,19-23,25-29H,7H2/t14-,17-,19+,20-,21-/m0/s1. The highest BCUT2D eigenvalue weighted by atomic mass is 16.5. The Morgan fingerprint density at radius 3 is 2.23 bits per heavy atom. The Kier molecular flexibility index (Phi) is 5.33. The first-order chi connectivity index (χ1) is 14.7. The number of rotatable bonds is 3. The second kappa shape index (κ2) is 7.84. The molecule has 1 saturated heterocycles. The second-order valence-electron chi connectivity index (χ2n) is 7.30. The lowest BCUT2D eigenvalue weighted by Gasteiger charge is -2.40. The van der Waals surface area contributed by atoms with Crippen LogP contribution < -0.4 is 5.43 Å². The number of phenols is 3. The van der Waals surface area contributed by atoms with E-state index in [4.69, 9.17) is 9.15 Å². The van der Waals surface area contributed by atoms with Gasteiger partial charge in [-0.05, 0) is 24.3 Å². The fraction of sp³-hybridized carbons (Fsp3) is 0.286. The van der Waals surface area contributed by atoms with Crippen molar-refractivity contribution in [3.8, 4) is 28.6 Å². The number of fused-ring (bicyclic) bond motifs is 1. The number of aromatic hydroxyl groups is 3. The molecule has 10 nitrogen and oxygen atoms in total. The van der Waals surface area contributed by atoms with Gasteiger partial charge in [-0.25, -0.2) is 0 Å². The Morgan fingerprint density at radius 1 is 0.903 bits per heavy atom. The third-order valence-corrected chi connectivity index (χ3v) is 5.34. The number of benzene rings is 2. The van der Waals surface area contributed by atoms with Crippen LogP contribution in [0.25, 0.3) is 22.3 Å². The minimum atomic E-state index is -1.77. The minimum absolute atomic E-state index is 0.0198. The molecule has 31 heavy (non-hydrogen) atoms. The van der Waals surface area contributed by atoms with Gasteiger partial charge >= 0.3 is 0 Å². The predicted molar refractivity (Wildman–Crippen MR) is 106 cm³/mol. The molecule has 0 amide bonds. The van der Waals surface area contributed by atoms with Gasteiger partial charge in [0.05, 0.1) is 12.2 Å². The number of ether oxygens (including phenoxy) is 1. The van der Waals surface area contributed by atoms with Crippen LogP contribution in [0.4, 0.5) is 0 Å². The van der Waals surface area contributed by atoms with Crippen LogP contribution >= 0.6 is 0 Å².